The van der Waals surface area contributed by atoms with Gasteiger partial charge in [-0.05, 0) is 64.5 Å². The Hall–Kier alpha value is -2.24. The van der Waals surface area contributed by atoms with Gasteiger partial charge in [0.2, 0.25) is 17.7 Å². The summed E-state index contributed by atoms with van der Waals surface area (Å²) < 4.78 is 0. The summed E-state index contributed by atoms with van der Waals surface area (Å²) in [5.41, 5.74) is 16.8. The zero-order chi connectivity index (χ0) is 24.7. The van der Waals surface area contributed by atoms with Crippen LogP contribution in [-0.4, -0.2) is 66.1 Å². The Morgan fingerprint density at radius 3 is 1.78 bits per heavy atom. The molecule has 0 saturated heterocycles. The maximum atomic E-state index is 12.7. The van der Waals surface area contributed by atoms with Gasteiger partial charge in [-0.2, -0.15) is 0 Å². The van der Waals surface area contributed by atoms with Crippen molar-refractivity contribution in [3.05, 3.63) is 0 Å². The SMILES string of the molecule is CC(C)C[C@H](NC(=O)[C@@H](N)CCCCN)C(=O)N[C@@H](C)C(=O)N[C@@H](CCCCN)C(=O)O. The molecule has 0 radical (unpaired) electrons. The molecule has 0 unspecified atom stereocenters. The van der Waals surface area contributed by atoms with Gasteiger partial charge in [-0.15, -0.1) is 0 Å². The predicted molar refractivity (Wildman–Crippen MR) is 122 cm³/mol. The molecule has 0 aromatic carbocycles. The van der Waals surface area contributed by atoms with E-state index in [9.17, 15) is 24.3 Å². The molecule has 0 spiro atoms. The Kier molecular flexibility index (Phi) is 15.3. The molecule has 32 heavy (non-hydrogen) atoms. The molecule has 0 heterocycles. The molecular weight excluding hydrogens is 416 g/mol. The minimum atomic E-state index is -1.15. The molecule has 0 fully saturated rings. The van der Waals surface area contributed by atoms with Crippen LogP contribution in [0.25, 0.3) is 0 Å². The number of unbranched alkanes of at least 4 members (excludes halogenated alkanes) is 2. The molecular formula is C21H42N6O5. The summed E-state index contributed by atoms with van der Waals surface area (Å²) in [5.74, 6) is -2.64. The molecule has 186 valence electrons. The lowest BCUT2D eigenvalue weighted by Gasteiger charge is -2.24. The third kappa shape index (κ3) is 12.6. The van der Waals surface area contributed by atoms with Crippen LogP contribution in [0.4, 0.5) is 0 Å². The van der Waals surface area contributed by atoms with Gasteiger partial charge >= 0.3 is 5.97 Å². The van der Waals surface area contributed by atoms with Crippen LogP contribution in [0.2, 0.25) is 0 Å². The summed E-state index contributed by atoms with van der Waals surface area (Å²) in [6, 6.07) is -3.66. The minimum absolute atomic E-state index is 0.0996. The summed E-state index contributed by atoms with van der Waals surface area (Å²) in [5, 5.41) is 17.0. The second-order valence-corrected chi connectivity index (χ2v) is 8.50. The summed E-state index contributed by atoms with van der Waals surface area (Å²) in [7, 11) is 0. The number of carbonyl (C=O) groups excluding carboxylic acids is 3. The van der Waals surface area contributed by atoms with Crippen molar-refractivity contribution in [3.63, 3.8) is 0 Å². The van der Waals surface area contributed by atoms with Crippen molar-refractivity contribution in [2.45, 2.75) is 89.9 Å². The molecule has 0 aromatic heterocycles. The first kappa shape index (κ1) is 29.8. The average Bonchev–Trinajstić information content (AvgIpc) is 2.71. The smallest absolute Gasteiger partial charge is 0.326 e. The van der Waals surface area contributed by atoms with E-state index in [1.54, 1.807) is 0 Å². The van der Waals surface area contributed by atoms with E-state index in [4.69, 9.17) is 17.2 Å². The van der Waals surface area contributed by atoms with Gasteiger partial charge < -0.3 is 38.3 Å². The van der Waals surface area contributed by atoms with Crippen LogP contribution in [-0.2, 0) is 19.2 Å². The number of hydrogen-bond donors (Lipinski definition) is 7. The van der Waals surface area contributed by atoms with Crippen molar-refractivity contribution >= 4 is 23.7 Å². The summed E-state index contributed by atoms with van der Waals surface area (Å²) in [6.07, 6.45) is 3.73. The van der Waals surface area contributed by atoms with Crippen LogP contribution in [0.5, 0.6) is 0 Å². The Balaban J connectivity index is 4.94. The lowest BCUT2D eigenvalue weighted by molar-refractivity contribution is -0.142. The lowest BCUT2D eigenvalue weighted by Crippen LogP contribution is -2.56. The molecule has 0 aliphatic rings. The van der Waals surface area contributed by atoms with Gasteiger partial charge in [-0.1, -0.05) is 20.3 Å². The van der Waals surface area contributed by atoms with Crippen molar-refractivity contribution < 1.29 is 24.3 Å². The van der Waals surface area contributed by atoms with Crippen molar-refractivity contribution in [1.82, 2.24) is 16.0 Å². The summed E-state index contributed by atoms with van der Waals surface area (Å²) >= 11 is 0. The number of aliphatic carboxylic acids is 1. The van der Waals surface area contributed by atoms with Gasteiger partial charge in [0, 0.05) is 0 Å². The van der Waals surface area contributed by atoms with Gasteiger partial charge in [0.05, 0.1) is 6.04 Å². The molecule has 0 rings (SSSR count). The lowest BCUT2D eigenvalue weighted by atomic mass is 10.0. The zero-order valence-corrected chi connectivity index (χ0v) is 19.6. The third-order valence-electron chi connectivity index (χ3n) is 4.96. The number of amides is 3. The fraction of sp³-hybridized carbons (Fsp3) is 0.810. The third-order valence-corrected chi connectivity index (χ3v) is 4.96. The van der Waals surface area contributed by atoms with Crippen LogP contribution >= 0.6 is 0 Å². The van der Waals surface area contributed by atoms with Crippen molar-refractivity contribution in [2.24, 2.45) is 23.1 Å². The van der Waals surface area contributed by atoms with Crippen molar-refractivity contribution in [3.8, 4) is 0 Å². The first-order chi connectivity index (χ1) is 15.0. The number of hydrogen-bond acceptors (Lipinski definition) is 7. The van der Waals surface area contributed by atoms with E-state index in [-0.39, 0.29) is 12.3 Å². The molecule has 11 nitrogen and oxygen atoms in total. The molecule has 0 saturated carbocycles. The quantitative estimate of drug-likeness (QED) is 0.137. The number of carboxylic acid groups (broad SMARTS) is 1. The van der Waals surface area contributed by atoms with E-state index >= 15 is 0 Å². The predicted octanol–water partition coefficient (Wildman–Crippen LogP) is -0.823. The largest absolute Gasteiger partial charge is 0.480 e. The molecule has 10 N–H and O–H groups in total. The molecule has 0 aliphatic carbocycles. The van der Waals surface area contributed by atoms with Gasteiger partial charge in [0.15, 0.2) is 0 Å². The number of carbonyl (C=O) groups is 4. The second kappa shape index (κ2) is 16.4. The Labute approximate surface area is 190 Å². The van der Waals surface area contributed by atoms with Gasteiger partial charge in [-0.25, -0.2) is 4.79 Å². The summed E-state index contributed by atoms with van der Waals surface area (Å²) in [4.78, 5) is 48.9. The van der Waals surface area contributed by atoms with Crippen LogP contribution in [0.3, 0.4) is 0 Å². The van der Waals surface area contributed by atoms with Crippen LogP contribution < -0.4 is 33.2 Å². The maximum absolute atomic E-state index is 12.7. The van der Waals surface area contributed by atoms with Crippen LogP contribution in [0.1, 0.15) is 65.7 Å². The van der Waals surface area contributed by atoms with E-state index in [1.807, 2.05) is 13.8 Å². The fourth-order valence-corrected chi connectivity index (χ4v) is 3.05. The van der Waals surface area contributed by atoms with Crippen molar-refractivity contribution in [1.29, 1.82) is 0 Å². The van der Waals surface area contributed by atoms with Gasteiger partial charge in [0.25, 0.3) is 0 Å². The molecule has 0 bridgehead atoms. The van der Waals surface area contributed by atoms with E-state index in [0.29, 0.717) is 45.2 Å². The van der Waals surface area contributed by atoms with Crippen LogP contribution in [0, 0.1) is 5.92 Å². The standard InChI is InChI=1S/C21H42N6O5/c1-13(2)12-17(27-19(29)15(24)8-4-6-10-22)20(30)25-14(3)18(28)26-16(21(31)32)9-5-7-11-23/h13-17H,4-12,22-24H2,1-3H3,(H,25,30)(H,26,28)(H,27,29)(H,31,32)/t14-,15-,16-,17-/m0/s1. The fourth-order valence-electron chi connectivity index (χ4n) is 3.05. The highest BCUT2D eigenvalue weighted by Gasteiger charge is 2.28. The van der Waals surface area contributed by atoms with E-state index in [2.05, 4.69) is 16.0 Å². The second-order valence-electron chi connectivity index (χ2n) is 8.50. The Bertz CT molecular complexity index is 601. The van der Waals surface area contributed by atoms with Gasteiger partial charge in [-0.3, -0.25) is 14.4 Å². The minimum Gasteiger partial charge on any atom is -0.480 e. The number of nitrogens with one attached hydrogen (secondary N) is 3. The monoisotopic (exact) mass is 458 g/mol. The number of rotatable bonds is 17. The van der Waals surface area contributed by atoms with Crippen molar-refractivity contribution in [2.75, 3.05) is 13.1 Å². The highest BCUT2D eigenvalue weighted by atomic mass is 16.4. The highest BCUT2D eigenvalue weighted by molar-refractivity contribution is 5.93. The number of nitrogens with two attached hydrogens (primary N) is 3. The topological polar surface area (TPSA) is 203 Å². The highest BCUT2D eigenvalue weighted by Crippen LogP contribution is 2.07. The average molecular weight is 459 g/mol. The molecule has 11 heteroatoms. The number of carboxylic acids is 1. The van der Waals surface area contributed by atoms with E-state index in [1.165, 1.54) is 6.92 Å². The zero-order valence-electron chi connectivity index (χ0n) is 19.6. The molecule has 4 atom stereocenters. The Morgan fingerprint density at radius 2 is 1.28 bits per heavy atom. The van der Waals surface area contributed by atoms with E-state index in [0.717, 1.165) is 6.42 Å². The maximum Gasteiger partial charge on any atom is 0.326 e. The summed E-state index contributed by atoms with van der Waals surface area (Å²) in [6.45, 7) is 6.22. The molecule has 0 aliphatic heterocycles. The first-order valence-electron chi connectivity index (χ1n) is 11.3. The normalized spacial score (nSPS) is 14.8. The van der Waals surface area contributed by atoms with Gasteiger partial charge in [0.1, 0.15) is 18.1 Å². The Morgan fingerprint density at radius 1 is 0.750 bits per heavy atom. The molecule has 0 aromatic rings. The first-order valence-corrected chi connectivity index (χ1v) is 11.3. The molecule has 3 amide bonds. The van der Waals surface area contributed by atoms with Crippen LogP contribution in [0.15, 0.2) is 0 Å². The van der Waals surface area contributed by atoms with E-state index < -0.39 is 47.9 Å².